The molecule has 0 aliphatic carbocycles. The number of hydrogen-bond acceptors (Lipinski definition) is 5. The van der Waals surface area contributed by atoms with Crippen LogP contribution in [-0.2, 0) is 9.53 Å². The van der Waals surface area contributed by atoms with Gasteiger partial charge in [-0.05, 0) is 38.7 Å². The Hall–Kier alpha value is -1.69. The Kier molecular flexibility index (Phi) is 5.01. The third kappa shape index (κ3) is 3.21. The summed E-state index contributed by atoms with van der Waals surface area (Å²) >= 11 is 1.50. The van der Waals surface area contributed by atoms with Gasteiger partial charge in [-0.25, -0.2) is 9.78 Å². The molecule has 0 radical (unpaired) electrons. The van der Waals surface area contributed by atoms with Crippen molar-refractivity contribution in [3.8, 4) is 0 Å². The van der Waals surface area contributed by atoms with Crippen LogP contribution in [0.4, 0.5) is 0 Å². The van der Waals surface area contributed by atoms with E-state index in [-0.39, 0.29) is 5.56 Å². The fraction of sp³-hybridized carbons (Fsp3) is 0.562. The normalized spacial score (nSPS) is 12.8. The van der Waals surface area contributed by atoms with Crippen molar-refractivity contribution < 1.29 is 9.53 Å². The van der Waals surface area contributed by atoms with E-state index in [1.165, 1.54) is 22.2 Å². The molecular formula is C16H22N2O3S. The number of esters is 1. The van der Waals surface area contributed by atoms with E-state index < -0.39 is 12.0 Å². The first-order chi connectivity index (χ1) is 10.3. The largest absolute Gasteiger partial charge is 0.464 e. The molecule has 22 heavy (non-hydrogen) atoms. The number of fused-ring (bicyclic) bond motifs is 1. The minimum absolute atomic E-state index is 0.180. The van der Waals surface area contributed by atoms with Crippen molar-refractivity contribution in [1.82, 2.24) is 9.55 Å². The molecule has 6 heteroatoms. The molecule has 2 aromatic heterocycles. The molecule has 0 N–H and O–H groups in total. The molecule has 0 unspecified atom stereocenters. The number of hydrogen-bond donors (Lipinski definition) is 0. The Morgan fingerprint density at radius 3 is 2.68 bits per heavy atom. The van der Waals surface area contributed by atoms with Crippen molar-refractivity contribution in [3.05, 3.63) is 27.1 Å². The first-order valence-corrected chi connectivity index (χ1v) is 8.28. The summed E-state index contributed by atoms with van der Waals surface area (Å²) in [5.41, 5.74) is 0.757. The van der Waals surface area contributed by atoms with E-state index in [0.717, 1.165) is 21.7 Å². The van der Waals surface area contributed by atoms with Crippen LogP contribution < -0.4 is 5.56 Å². The Morgan fingerprint density at radius 1 is 1.36 bits per heavy atom. The lowest BCUT2D eigenvalue weighted by atomic mass is 10.1. The van der Waals surface area contributed by atoms with Gasteiger partial charge in [-0.3, -0.25) is 9.36 Å². The maximum atomic E-state index is 12.6. The molecule has 5 nitrogen and oxygen atoms in total. The molecule has 0 saturated carbocycles. The molecule has 2 heterocycles. The van der Waals surface area contributed by atoms with E-state index in [9.17, 15) is 9.59 Å². The summed E-state index contributed by atoms with van der Waals surface area (Å²) in [5, 5.41) is 0.604. The van der Waals surface area contributed by atoms with Crippen LogP contribution in [0.25, 0.3) is 10.2 Å². The Bertz CT molecular complexity index is 746. The lowest BCUT2D eigenvalue weighted by Crippen LogP contribution is -2.29. The van der Waals surface area contributed by atoms with Crippen LogP contribution in [0.15, 0.2) is 11.1 Å². The minimum Gasteiger partial charge on any atom is -0.464 e. The van der Waals surface area contributed by atoms with E-state index in [0.29, 0.717) is 17.9 Å². The van der Waals surface area contributed by atoms with Crippen LogP contribution in [0.1, 0.15) is 43.7 Å². The highest BCUT2D eigenvalue weighted by atomic mass is 32.1. The van der Waals surface area contributed by atoms with Gasteiger partial charge in [0.15, 0.2) is 0 Å². The van der Waals surface area contributed by atoms with Crippen LogP contribution in [0.3, 0.4) is 0 Å². The molecule has 0 aliphatic rings. The predicted molar refractivity (Wildman–Crippen MR) is 88.5 cm³/mol. The van der Waals surface area contributed by atoms with Gasteiger partial charge in [-0.15, -0.1) is 11.3 Å². The number of rotatable bonds is 5. The number of aromatic nitrogens is 2. The van der Waals surface area contributed by atoms with E-state index in [1.807, 2.05) is 13.8 Å². The van der Waals surface area contributed by atoms with Crippen LogP contribution in [-0.4, -0.2) is 22.1 Å². The number of carbonyl (C=O) groups excluding carboxylic acids is 1. The van der Waals surface area contributed by atoms with E-state index in [1.54, 1.807) is 6.92 Å². The zero-order chi connectivity index (χ0) is 16.4. The average molecular weight is 322 g/mol. The summed E-state index contributed by atoms with van der Waals surface area (Å²) in [4.78, 5) is 30.8. The van der Waals surface area contributed by atoms with Gasteiger partial charge in [0.05, 0.1) is 18.3 Å². The van der Waals surface area contributed by atoms with Gasteiger partial charge in [-0.1, -0.05) is 13.8 Å². The van der Waals surface area contributed by atoms with E-state index in [2.05, 4.69) is 18.8 Å². The number of nitrogens with zero attached hydrogens (tertiary/aromatic N) is 2. The van der Waals surface area contributed by atoms with Gasteiger partial charge in [0.1, 0.15) is 10.9 Å². The molecule has 0 aliphatic heterocycles. The Balaban J connectivity index is 2.26. The minimum atomic E-state index is -0.670. The monoisotopic (exact) mass is 322 g/mol. The third-order valence-corrected chi connectivity index (χ3v) is 4.93. The maximum absolute atomic E-state index is 12.6. The molecule has 1 atom stereocenters. The standard InChI is InChI=1S/C16H22N2O3S/c1-9(2)6-7-21-16(20)11(4)18-8-17-14-13(15(18)19)10(3)12(5)22-14/h8-9,11H,6-7H2,1-5H3/t11-/m1/s1. The van der Waals surface area contributed by atoms with E-state index in [4.69, 9.17) is 4.74 Å². The van der Waals surface area contributed by atoms with Gasteiger partial charge >= 0.3 is 5.97 Å². The van der Waals surface area contributed by atoms with Crippen molar-refractivity contribution in [2.75, 3.05) is 6.61 Å². The highest BCUT2D eigenvalue weighted by Gasteiger charge is 2.21. The molecule has 0 amide bonds. The van der Waals surface area contributed by atoms with Crippen LogP contribution in [0.5, 0.6) is 0 Å². The van der Waals surface area contributed by atoms with E-state index >= 15 is 0 Å². The smallest absolute Gasteiger partial charge is 0.328 e. The molecule has 2 aromatic rings. The second-order valence-electron chi connectivity index (χ2n) is 5.95. The number of thiophene rings is 1. The maximum Gasteiger partial charge on any atom is 0.328 e. The zero-order valence-electron chi connectivity index (χ0n) is 13.7. The van der Waals surface area contributed by atoms with Crippen molar-refractivity contribution in [1.29, 1.82) is 0 Å². The lowest BCUT2D eigenvalue weighted by Gasteiger charge is -2.14. The molecule has 0 bridgehead atoms. The molecule has 0 aromatic carbocycles. The van der Waals surface area contributed by atoms with Crippen molar-refractivity contribution in [2.45, 2.75) is 47.1 Å². The first kappa shape index (κ1) is 16.7. The van der Waals surface area contributed by atoms with Crippen LogP contribution in [0, 0.1) is 19.8 Å². The average Bonchev–Trinajstić information content (AvgIpc) is 2.74. The summed E-state index contributed by atoms with van der Waals surface area (Å²) in [6.07, 6.45) is 2.25. The van der Waals surface area contributed by atoms with Crippen molar-refractivity contribution in [3.63, 3.8) is 0 Å². The molecule has 2 rings (SSSR count). The third-order valence-electron chi connectivity index (χ3n) is 3.81. The lowest BCUT2D eigenvalue weighted by molar-refractivity contribution is -0.147. The number of carbonyl (C=O) groups is 1. The fourth-order valence-electron chi connectivity index (χ4n) is 2.15. The summed E-state index contributed by atoms with van der Waals surface area (Å²) in [7, 11) is 0. The summed E-state index contributed by atoms with van der Waals surface area (Å²) in [6.45, 7) is 10.1. The van der Waals surface area contributed by atoms with Gasteiger partial charge in [-0.2, -0.15) is 0 Å². The summed E-state index contributed by atoms with van der Waals surface area (Å²) in [6, 6.07) is -0.670. The molecule has 0 spiro atoms. The Morgan fingerprint density at radius 2 is 2.05 bits per heavy atom. The van der Waals surface area contributed by atoms with Crippen molar-refractivity contribution >= 4 is 27.5 Å². The molecule has 0 fully saturated rings. The quantitative estimate of drug-likeness (QED) is 0.793. The van der Waals surface area contributed by atoms with Gasteiger partial charge in [0.2, 0.25) is 0 Å². The SMILES string of the molecule is Cc1sc2ncn([C@H](C)C(=O)OCCC(C)C)c(=O)c2c1C. The predicted octanol–water partition coefficient (Wildman–Crippen LogP) is 3.23. The number of ether oxygens (including phenoxy) is 1. The van der Waals surface area contributed by atoms with Gasteiger partial charge in [0, 0.05) is 4.88 Å². The van der Waals surface area contributed by atoms with Gasteiger partial charge < -0.3 is 4.74 Å². The Labute approximate surface area is 133 Å². The topological polar surface area (TPSA) is 61.2 Å². The highest BCUT2D eigenvalue weighted by molar-refractivity contribution is 7.18. The molecule has 120 valence electrons. The highest BCUT2D eigenvalue weighted by Crippen LogP contribution is 2.25. The van der Waals surface area contributed by atoms with Crippen molar-refractivity contribution in [2.24, 2.45) is 5.92 Å². The summed E-state index contributed by atoms with van der Waals surface area (Å²) in [5.74, 6) is 0.0776. The fourth-order valence-corrected chi connectivity index (χ4v) is 3.14. The second-order valence-corrected chi connectivity index (χ2v) is 7.15. The number of aryl methyl sites for hydroxylation is 2. The first-order valence-electron chi connectivity index (χ1n) is 7.46. The van der Waals surface area contributed by atoms with Crippen LogP contribution >= 0.6 is 11.3 Å². The second kappa shape index (κ2) is 6.60. The summed E-state index contributed by atoms with van der Waals surface area (Å²) < 4.78 is 6.61. The molecule has 0 saturated heterocycles. The van der Waals surface area contributed by atoms with Gasteiger partial charge in [0.25, 0.3) is 5.56 Å². The zero-order valence-corrected chi connectivity index (χ0v) is 14.5. The van der Waals surface area contributed by atoms with Crippen LogP contribution in [0.2, 0.25) is 0 Å². The molecular weight excluding hydrogens is 300 g/mol.